The van der Waals surface area contributed by atoms with Gasteiger partial charge in [-0.3, -0.25) is 4.79 Å². The molecule has 6 heteroatoms. The Morgan fingerprint density at radius 1 is 1.35 bits per heavy atom. The lowest BCUT2D eigenvalue weighted by Gasteiger charge is -2.07. The number of primary amides is 1. The Bertz CT molecular complexity index is 387. The summed E-state index contributed by atoms with van der Waals surface area (Å²) in [4.78, 5) is 10.5. The molecule has 0 radical (unpaired) electrons. The number of hydrogen-bond donors (Lipinski definition) is 3. The molecule has 0 bridgehead atoms. The van der Waals surface area contributed by atoms with Gasteiger partial charge in [-0.05, 0) is 62.5 Å². The molecule has 0 unspecified atom stereocenters. The molecular formula is C11H14Br2N2O2. The maximum atomic E-state index is 10.5. The predicted octanol–water partition coefficient (Wildman–Crippen LogP) is 2.27. The normalized spacial score (nSPS) is 10.5. The number of aromatic hydroxyl groups is 1. The van der Waals surface area contributed by atoms with E-state index in [-0.39, 0.29) is 11.7 Å². The summed E-state index contributed by atoms with van der Waals surface area (Å²) in [7, 11) is 0. The molecule has 1 aromatic carbocycles. The first-order chi connectivity index (χ1) is 8.00. The minimum Gasteiger partial charge on any atom is -0.506 e. The van der Waals surface area contributed by atoms with Gasteiger partial charge in [-0.25, -0.2) is 0 Å². The molecule has 0 aromatic heterocycles. The first-order valence-electron chi connectivity index (χ1n) is 5.16. The highest BCUT2D eigenvalue weighted by Crippen LogP contribution is 2.33. The number of nitrogens with one attached hydrogen (secondary N) is 1. The number of amides is 1. The van der Waals surface area contributed by atoms with E-state index in [1.54, 1.807) is 0 Å². The zero-order valence-corrected chi connectivity index (χ0v) is 12.3. The second-order valence-electron chi connectivity index (χ2n) is 3.65. The Balaban J connectivity index is 2.39. The van der Waals surface area contributed by atoms with Crippen LogP contribution in [0, 0.1) is 0 Å². The van der Waals surface area contributed by atoms with Gasteiger partial charge in [-0.1, -0.05) is 0 Å². The molecular weight excluding hydrogens is 352 g/mol. The van der Waals surface area contributed by atoms with E-state index in [1.165, 1.54) is 0 Å². The summed E-state index contributed by atoms with van der Waals surface area (Å²) in [6.45, 7) is 1.41. The first kappa shape index (κ1) is 14.5. The largest absolute Gasteiger partial charge is 0.506 e. The molecule has 1 rings (SSSR count). The summed E-state index contributed by atoms with van der Waals surface area (Å²) in [5.74, 6) is -0.0793. The lowest BCUT2D eigenvalue weighted by molar-refractivity contribution is -0.118. The number of carbonyl (C=O) groups excluding carboxylic acids is 1. The molecule has 0 aliphatic carbocycles. The van der Waals surface area contributed by atoms with Crippen molar-refractivity contribution in [3.63, 3.8) is 0 Å². The molecule has 0 saturated heterocycles. The van der Waals surface area contributed by atoms with Gasteiger partial charge >= 0.3 is 0 Å². The van der Waals surface area contributed by atoms with Gasteiger partial charge in [0.1, 0.15) is 5.75 Å². The summed E-state index contributed by atoms with van der Waals surface area (Å²) in [6, 6.07) is 3.70. The van der Waals surface area contributed by atoms with Crippen molar-refractivity contribution in [1.82, 2.24) is 5.32 Å². The lowest BCUT2D eigenvalue weighted by Crippen LogP contribution is -2.18. The summed E-state index contributed by atoms with van der Waals surface area (Å²) in [6.07, 6.45) is 1.13. The number of carbonyl (C=O) groups is 1. The van der Waals surface area contributed by atoms with Gasteiger partial charge in [0.15, 0.2) is 0 Å². The molecule has 0 spiro atoms. The van der Waals surface area contributed by atoms with Crippen molar-refractivity contribution in [1.29, 1.82) is 0 Å². The van der Waals surface area contributed by atoms with Crippen molar-refractivity contribution in [2.45, 2.75) is 19.4 Å². The Morgan fingerprint density at radius 3 is 2.47 bits per heavy atom. The van der Waals surface area contributed by atoms with Crippen LogP contribution in [0.25, 0.3) is 0 Å². The van der Waals surface area contributed by atoms with Gasteiger partial charge in [0, 0.05) is 13.0 Å². The zero-order valence-electron chi connectivity index (χ0n) is 9.17. The second-order valence-corrected chi connectivity index (χ2v) is 5.36. The molecule has 1 amide bonds. The second kappa shape index (κ2) is 6.98. The van der Waals surface area contributed by atoms with Crippen LogP contribution >= 0.6 is 31.9 Å². The molecule has 0 fully saturated rings. The zero-order chi connectivity index (χ0) is 12.8. The summed E-state index contributed by atoms with van der Waals surface area (Å²) in [5.41, 5.74) is 6.08. The number of rotatable bonds is 6. The fraction of sp³-hybridized carbons (Fsp3) is 0.364. The monoisotopic (exact) mass is 364 g/mol. The Labute approximate surface area is 117 Å². The van der Waals surface area contributed by atoms with Crippen LogP contribution < -0.4 is 11.1 Å². The number of hydrogen-bond acceptors (Lipinski definition) is 3. The van der Waals surface area contributed by atoms with Gasteiger partial charge in [0.05, 0.1) is 8.95 Å². The molecule has 17 heavy (non-hydrogen) atoms. The SMILES string of the molecule is NC(=O)CCCNCc1cc(Br)c(O)c(Br)c1. The van der Waals surface area contributed by atoms with Crippen LogP contribution in [-0.2, 0) is 11.3 Å². The first-order valence-corrected chi connectivity index (χ1v) is 6.75. The van der Waals surface area contributed by atoms with Crippen LogP contribution in [0.2, 0.25) is 0 Å². The molecule has 1 aromatic rings. The topological polar surface area (TPSA) is 75.4 Å². The standard InChI is InChI=1S/C11H14Br2N2O2/c12-8-4-7(5-9(13)11(8)17)6-15-3-1-2-10(14)16/h4-5,15,17H,1-3,6H2,(H2,14,16). The van der Waals surface area contributed by atoms with E-state index < -0.39 is 0 Å². The molecule has 0 heterocycles. The third-order valence-corrected chi connectivity index (χ3v) is 3.39. The molecule has 0 aliphatic rings. The number of nitrogens with two attached hydrogens (primary N) is 1. The average Bonchev–Trinajstić information content (AvgIpc) is 2.25. The Morgan fingerprint density at radius 2 is 1.94 bits per heavy atom. The summed E-state index contributed by atoms with van der Waals surface area (Å²) in [5, 5.41) is 12.7. The minimum absolute atomic E-state index is 0.197. The quantitative estimate of drug-likeness (QED) is 0.677. The highest BCUT2D eigenvalue weighted by molar-refractivity contribution is 9.11. The van der Waals surface area contributed by atoms with Gasteiger partial charge in [0.25, 0.3) is 0 Å². The lowest BCUT2D eigenvalue weighted by atomic mass is 10.2. The highest BCUT2D eigenvalue weighted by Gasteiger charge is 2.05. The van der Waals surface area contributed by atoms with E-state index >= 15 is 0 Å². The van der Waals surface area contributed by atoms with Crippen LogP contribution in [0.15, 0.2) is 21.1 Å². The van der Waals surface area contributed by atoms with Crippen LogP contribution in [0.1, 0.15) is 18.4 Å². The van der Waals surface area contributed by atoms with Gasteiger partial charge < -0.3 is 16.2 Å². The predicted molar refractivity (Wildman–Crippen MR) is 73.6 cm³/mol. The minimum atomic E-state index is -0.276. The van der Waals surface area contributed by atoms with E-state index in [0.29, 0.717) is 21.9 Å². The van der Waals surface area contributed by atoms with E-state index in [2.05, 4.69) is 37.2 Å². The van der Waals surface area contributed by atoms with E-state index in [9.17, 15) is 9.90 Å². The van der Waals surface area contributed by atoms with Crippen LogP contribution in [0.4, 0.5) is 0 Å². The summed E-state index contributed by atoms with van der Waals surface area (Å²) < 4.78 is 1.31. The van der Waals surface area contributed by atoms with Gasteiger partial charge in [0.2, 0.25) is 5.91 Å². The van der Waals surface area contributed by atoms with Crippen molar-refractivity contribution in [3.8, 4) is 5.75 Å². The number of benzene rings is 1. The van der Waals surface area contributed by atoms with Crippen molar-refractivity contribution >= 4 is 37.8 Å². The van der Waals surface area contributed by atoms with E-state index in [1.807, 2.05) is 12.1 Å². The Hall–Kier alpha value is -0.590. The molecule has 0 saturated carbocycles. The van der Waals surface area contributed by atoms with Crippen LogP contribution in [0.3, 0.4) is 0 Å². The van der Waals surface area contributed by atoms with Crippen molar-refractivity contribution in [2.24, 2.45) is 5.73 Å². The van der Waals surface area contributed by atoms with Gasteiger partial charge in [-0.2, -0.15) is 0 Å². The summed E-state index contributed by atoms with van der Waals surface area (Å²) >= 11 is 6.54. The highest BCUT2D eigenvalue weighted by atomic mass is 79.9. The smallest absolute Gasteiger partial charge is 0.217 e. The fourth-order valence-electron chi connectivity index (χ4n) is 1.34. The number of halogens is 2. The van der Waals surface area contributed by atoms with Crippen LogP contribution in [-0.4, -0.2) is 17.6 Å². The van der Waals surface area contributed by atoms with Crippen LogP contribution in [0.5, 0.6) is 5.75 Å². The molecule has 0 aliphatic heterocycles. The average molecular weight is 366 g/mol. The molecule has 94 valence electrons. The molecule has 4 nitrogen and oxygen atoms in total. The molecule has 0 atom stereocenters. The number of phenols is 1. The van der Waals surface area contributed by atoms with Gasteiger partial charge in [-0.15, -0.1) is 0 Å². The van der Waals surface area contributed by atoms with E-state index in [4.69, 9.17) is 5.73 Å². The Kier molecular flexibility index (Phi) is 5.94. The third kappa shape index (κ3) is 5.06. The fourth-order valence-corrected chi connectivity index (χ4v) is 2.62. The number of phenolic OH excluding ortho intramolecular Hbond substituents is 1. The van der Waals surface area contributed by atoms with Crippen molar-refractivity contribution in [3.05, 3.63) is 26.6 Å². The maximum Gasteiger partial charge on any atom is 0.217 e. The maximum absolute atomic E-state index is 10.5. The molecule has 4 N–H and O–H groups in total. The van der Waals surface area contributed by atoms with Crippen molar-refractivity contribution < 1.29 is 9.90 Å². The van der Waals surface area contributed by atoms with Crippen molar-refractivity contribution in [2.75, 3.05) is 6.54 Å². The van der Waals surface area contributed by atoms with E-state index in [0.717, 1.165) is 18.5 Å². The third-order valence-electron chi connectivity index (χ3n) is 2.18.